The van der Waals surface area contributed by atoms with Gasteiger partial charge in [-0.2, -0.15) is 0 Å². The second kappa shape index (κ2) is 3.27. The molecule has 3 heteroatoms. The molecule has 0 saturated heterocycles. The van der Waals surface area contributed by atoms with E-state index in [4.69, 9.17) is 4.84 Å². The smallest absolute Gasteiger partial charge is 0.119 e. The quantitative estimate of drug-likeness (QED) is 0.584. The highest BCUT2D eigenvalue weighted by atomic mass is 16.7. The van der Waals surface area contributed by atoms with Crippen LogP contribution in [0.25, 0.3) is 0 Å². The summed E-state index contributed by atoms with van der Waals surface area (Å²) in [7, 11) is 0. The molecule has 1 aliphatic heterocycles. The van der Waals surface area contributed by atoms with Gasteiger partial charge in [0.25, 0.3) is 0 Å². The predicted octanol–water partition coefficient (Wildman–Crippen LogP) is 1.13. The van der Waals surface area contributed by atoms with E-state index in [1.807, 2.05) is 24.2 Å². The molecular weight excluding hydrogens is 128 g/mol. The van der Waals surface area contributed by atoms with Gasteiger partial charge in [0, 0.05) is 12.4 Å². The van der Waals surface area contributed by atoms with Gasteiger partial charge in [-0.05, 0) is 13.1 Å². The van der Waals surface area contributed by atoms with E-state index >= 15 is 0 Å². The third-order valence-electron chi connectivity index (χ3n) is 1.26. The van der Waals surface area contributed by atoms with Gasteiger partial charge in [-0.25, -0.2) is 5.06 Å². The third-order valence-corrected chi connectivity index (χ3v) is 1.26. The summed E-state index contributed by atoms with van der Waals surface area (Å²) in [5.74, 6) is 0. The van der Waals surface area contributed by atoms with Gasteiger partial charge in [-0.3, -0.25) is 4.84 Å². The predicted molar refractivity (Wildman–Crippen MR) is 39.5 cm³/mol. The molecule has 0 atom stereocenters. The second-order valence-corrected chi connectivity index (χ2v) is 1.97. The third kappa shape index (κ3) is 1.51. The molecule has 0 N–H and O–H groups in total. The molecule has 1 rings (SSSR count). The summed E-state index contributed by atoms with van der Waals surface area (Å²) in [5, 5.41) is 1.77. The molecule has 0 fully saturated rings. The molecule has 0 bridgehead atoms. The normalized spacial score (nSPS) is 16.5. The summed E-state index contributed by atoms with van der Waals surface area (Å²) in [6.45, 7) is 7.04. The fourth-order valence-corrected chi connectivity index (χ4v) is 0.783. The number of hydrogen-bond acceptors (Lipinski definition) is 3. The summed E-state index contributed by atoms with van der Waals surface area (Å²) >= 11 is 0. The van der Waals surface area contributed by atoms with Gasteiger partial charge in [0.05, 0.1) is 6.61 Å². The van der Waals surface area contributed by atoms with Crippen LogP contribution in [0, 0.1) is 0 Å². The molecular formula is C7H12N2O. The van der Waals surface area contributed by atoms with Crippen LogP contribution in [0.1, 0.15) is 6.92 Å². The maximum Gasteiger partial charge on any atom is 0.119 e. The van der Waals surface area contributed by atoms with Gasteiger partial charge in [0.15, 0.2) is 0 Å². The van der Waals surface area contributed by atoms with Crippen molar-refractivity contribution in [2.24, 2.45) is 0 Å². The van der Waals surface area contributed by atoms with Crippen LogP contribution in [0.15, 0.2) is 25.2 Å². The average Bonchev–Trinajstić information content (AvgIpc) is 2.37. The lowest BCUT2D eigenvalue weighted by molar-refractivity contribution is -0.120. The van der Waals surface area contributed by atoms with E-state index in [9.17, 15) is 0 Å². The molecule has 1 heterocycles. The van der Waals surface area contributed by atoms with Crippen LogP contribution in [-0.2, 0) is 4.84 Å². The van der Waals surface area contributed by atoms with Crippen LogP contribution >= 0.6 is 0 Å². The Bertz CT molecular complexity index is 145. The summed E-state index contributed by atoms with van der Waals surface area (Å²) in [5.41, 5.74) is 0. The van der Waals surface area contributed by atoms with Crippen molar-refractivity contribution < 1.29 is 4.84 Å². The van der Waals surface area contributed by atoms with E-state index in [0.717, 1.165) is 6.67 Å². The van der Waals surface area contributed by atoms with Crippen LogP contribution in [-0.4, -0.2) is 23.2 Å². The van der Waals surface area contributed by atoms with Gasteiger partial charge in [-0.15, -0.1) is 0 Å². The number of hydroxylamine groups is 2. The Morgan fingerprint density at radius 1 is 1.70 bits per heavy atom. The van der Waals surface area contributed by atoms with E-state index in [2.05, 4.69) is 6.58 Å². The van der Waals surface area contributed by atoms with Crippen molar-refractivity contribution in [1.29, 1.82) is 0 Å². The van der Waals surface area contributed by atoms with E-state index in [1.54, 1.807) is 11.3 Å². The van der Waals surface area contributed by atoms with Gasteiger partial charge in [0.2, 0.25) is 0 Å². The van der Waals surface area contributed by atoms with Crippen molar-refractivity contribution in [3.63, 3.8) is 0 Å². The molecule has 3 nitrogen and oxygen atoms in total. The highest BCUT2D eigenvalue weighted by Gasteiger charge is 2.07. The number of hydrogen-bond donors (Lipinski definition) is 0. The molecule has 0 aromatic heterocycles. The minimum Gasteiger partial charge on any atom is -0.333 e. The maximum atomic E-state index is 5.19. The Balaban J connectivity index is 2.30. The van der Waals surface area contributed by atoms with Gasteiger partial charge in [0.1, 0.15) is 6.67 Å². The van der Waals surface area contributed by atoms with E-state index < -0.39 is 0 Å². The lowest BCUT2D eigenvalue weighted by atomic mass is 10.8. The average molecular weight is 140 g/mol. The summed E-state index contributed by atoms with van der Waals surface area (Å²) in [4.78, 5) is 7.13. The first-order valence-electron chi connectivity index (χ1n) is 3.33. The standard InChI is InChI=1S/C7H12N2O/c1-3-8-5-6-9(7-8)10-4-2/h3,5-6H,1,4,7H2,2H3. The summed E-state index contributed by atoms with van der Waals surface area (Å²) in [6.07, 6.45) is 5.56. The highest BCUT2D eigenvalue weighted by Crippen LogP contribution is 2.05. The van der Waals surface area contributed by atoms with Crippen molar-refractivity contribution in [3.05, 3.63) is 25.2 Å². The van der Waals surface area contributed by atoms with Gasteiger partial charge >= 0.3 is 0 Å². The zero-order valence-electron chi connectivity index (χ0n) is 6.16. The van der Waals surface area contributed by atoms with Gasteiger partial charge < -0.3 is 4.90 Å². The number of rotatable bonds is 3. The van der Waals surface area contributed by atoms with Crippen molar-refractivity contribution in [2.75, 3.05) is 13.3 Å². The Morgan fingerprint density at radius 3 is 3.00 bits per heavy atom. The largest absolute Gasteiger partial charge is 0.333 e. The van der Waals surface area contributed by atoms with Crippen LogP contribution in [0.5, 0.6) is 0 Å². The summed E-state index contributed by atoms with van der Waals surface area (Å²) in [6, 6.07) is 0. The van der Waals surface area contributed by atoms with Gasteiger partial charge in [-0.1, -0.05) is 6.58 Å². The Morgan fingerprint density at radius 2 is 2.50 bits per heavy atom. The van der Waals surface area contributed by atoms with E-state index in [-0.39, 0.29) is 0 Å². The molecule has 0 aromatic carbocycles. The minimum absolute atomic E-state index is 0.704. The molecule has 0 amide bonds. The lowest BCUT2D eigenvalue weighted by Crippen LogP contribution is -2.21. The highest BCUT2D eigenvalue weighted by molar-refractivity contribution is 4.91. The van der Waals surface area contributed by atoms with Crippen LogP contribution in [0.3, 0.4) is 0 Å². The maximum absolute atomic E-state index is 5.19. The van der Waals surface area contributed by atoms with Crippen molar-refractivity contribution in [2.45, 2.75) is 6.92 Å². The van der Waals surface area contributed by atoms with Crippen molar-refractivity contribution >= 4 is 0 Å². The van der Waals surface area contributed by atoms with Crippen LogP contribution in [0.2, 0.25) is 0 Å². The SMILES string of the molecule is C=CN1C=CN(OCC)C1. The van der Waals surface area contributed by atoms with E-state index in [1.165, 1.54) is 0 Å². The Labute approximate surface area is 61.1 Å². The topological polar surface area (TPSA) is 15.7 Å². The molecule has 0 radical (unpaired) electrons. The van der Waals surface area contributed by atoms with E-state index in [0.29, 0.717) is 6.61 Å². The number of nitrogens with zero attached hydrogens (tertiary/aromatic N) is 2. The molecule has 0 saturated carbocycles. The second-order valence-electron chi connectivity index (χ2n) is 1.97. The summed E-state index contributed by atoms with van der Waals surface area (Å²) < 4.78 is 0. The zero-order chi connectivity index (χ0) is 7.40. The molecule has 0 unspecified atom stereocenters. The monoisotopic (exact) mass is 140 g/mol. The Hall–Kier alpha value is -0.960. The Kier molecular flexibility index (Phi) is 2.34. The first kappa shape index (κ1) is 7.15. The van der Waals surface area contributed by atoms with Crippen molar-refractivity contribution in [1.82, 2.24) is 9.96 Å². The van der Waals surface area contributed by atoms with Crippen LogP contribution in [0.4, 0.5) is 0 Å². The van der Waals surface area contributed by atoms with Crippen LogP contribution < -0.4 is 0 Å². The fraction of sp³-hybridized carbons (Fsp3) is 0.429. The van der Waals surface area contributed by atoms with Crippen molar-refractivity contribution in [3.8, 4) is 0 Å². The molecule has 0 aliphatic carbocycles. The first-order chi connectivity index (χ1) is 4.86. The zero-order valence-corrected chi connectivity index (χ0v) is 6.16. The first-order valence-corrected chi connectivity index (χ1v) is 3.33. The molecule has 1 aliphatic rings. The molecule has 0 aromatic rings. The molecule has 56 valence electrons. The lowest BCUT2D eigenvalue weighted by Gasteiger charge is -2.16. The molecule has 0 spiro atoms. The fourth-order valence-electron chi connectivity index (χ4n) is 0.783. The molecule has 10 heavy (non-hydrogen) atoms. The minimum atomic E-state index is 0.704.